The monoisotopic (exact) mass is 206 g/mol. The highest BCUT2D eigenvalue weighted by molar-refractivity contribution is 5.14. The second-order valence-electron chi connectivity index (χ2n) is 3.84. The SMILES string of the molecule is C=CC(F)CCCCCc1ccccc1. The molecule has 0 aromatic heterocycles. The molecule has 0 amide bonds. The van der Waals surface area contributed by atoms with Crippen LogP contribution in [-0.4, -0.2) is 6.17 Å². The van der Waals surface area contributed by atoms with E-state index in [1.54, 1.807) is 0 Å². The summed E-state index contributed by atoms with van der Waals surface area (Å²) in [7, 11) is 0. The molecule has 0 saturated heterocycles. The number of rotatable bonds is 7. The molecular formula is C14H19F. The lowest BCUT2D eigenvalue weighted by molar-refractivity contribution is 0.366. The molecule has 1 aromatic rings. The number of halogens is 1. The quantitative estimate of drug-likeness (QED) is 0.460. The summed E-state index contributed by atoms with van der Waals surface area (Å²) in [6.45, 7) is 3.43. The zero-order valence-electron chi connectivity index (χ0n) is 9.16. The summed E-state index contributed by atoms with van der Waals surface area (Å²) < 4.78 is 12.8. The van der Waals surface area contributed by atoms with Crippen molar-refractivity contribution in [2.45, 2.75) is 38.3 Å². The summed E-state index contributed by atoms with van der Waals surface area (Å²) in [5.74, 6) is 0. The lowest BCUT2D eigenvalue weighted by Gasteiger charge is -2.03. The van der Waals surface area contributed by atoms with Gasteiger partial charge in [-0.1, -0.05) is 49.2 Å². The Kier molecular flexibility index (Phi) is 5.76. The number of hydrogen-bond donors (Lipinski definition) is 0. The lowest BCUT2D eigenvalue weighted by atomic mass is 10.1. The van der Waals surface area contributed by atoms with Gasteiger partial charge in [0.2, 0.25) is 0 Å². The van der Waals surface area contributed by atoms with E-state index in [2.05, 4.69) is 30.8 Å². The first-order valence-electron chi connectivity index (χ1n) is 5.63. The van der Waals surface area contributed by atoms with E-state index in [0.717, 1.165) is 25.7 Å². The van der Waals surface area contributed by atoms with Gasteiger partial charge in [0.15, 0.2) is 0 Å². The molecule has 1 unspecified atom stereocenters. The maximum atomic E-state index is 12.8. The van der Waals surface area contributed by atoms with Gasteiger partial charge in [0.05, 0.1) is 0 Å². The molecule has 1 aromatic carbocycles. The maximum absolute atomic E-state index is 12.8. The Labute approximate surface area is 91.8 Å². The highest BCUT2D eigenvalue weighted by atomic mass is 19.1. The van der Waals surface area contributed by atoms with Gasteiger partial charge in [0.1, 0.15) is 6.17 Å². The van der Waals surface area contributed by atoms with E-state index in [1.807, 2.05) is 6.07 Å². The number of alkyl halides is 1. The standard InChI is InChI=1S/C14H19F/c1-2-14(15)12-8-4-7-11-13-9-5-3-6-10-13/h2-3,5-6,9-10,14H,1,4,7-8,11-12H2. The zero-order chi connectivity index (χ0) is 10.9. The smallest absolute Gasteiger partial charge is 0.118 e. The van der Waals surface area contributed by atoms with Crippen molar-refractivity contribution in [2.75, 3.05) is 0 Å². The Morgan fingerprint density at radius 3 is 2.53 bits per heavy atom. The van der Waals surface area contributed by atoms with Crippen molar-refractivity contribution in [1.29, 1.82) is 0 Å². The van der Waals surface area contributed by atoms with E-state index >= 15 is 0 Å². The molecule has 0 bridgehead atoms. The van der Waals surface area contributed by atoms with Gasteiger partial charge in [-0.3, -0.25) is 0 Å². The third kappa shape index (κ3) is 5.36. The van der Waals surface area contributed by atoms with Crippen LogP contribution < -0.4 is 0 Å². The molecule has 0 radical (unpaired) electrons. The van der Waals surface area contributed by atoms with Crippen LogP contribution in [0.3, 0.4) is 0 Å². The molecule has 1 heteroatoms. The Morgan fingerprint density at radius 2 is 1.87 bits per heavy atom. The van der Waals surface area contributed by atoms with Gasteiger partial charge in [-0.15, -0.1) is 6.58 Å². The minimum Gasteiger partial charge on any atom is -0.243 e. The molecule has 1 atom stereocenters. The maximum Gasteiger partial charge on any atom is 0.118 e. The largest absolute Gasteiger partial charge is 0.243 e. The molecule has 0 spiro atoms. The predicted octanol–water partition coefficient (Wildman–Crippen LogP) is 4.31. The second-order valence-corrected chi connectivity index (χ2v) is 3.84. The van der Waals surface area contributed by atoms with Crippen molar-refractivity contribution >= 4 is 0 Å². The molecule has 0 heterocycles. The van der Waals surface area contributed by atoms with E-state index in [-0.39, 0.29) is 0 Å². The fraction of sp³-hybridized carbons (Fsp3) is 0.429. The van der Waals surface area contributed by atoms with Crippen LogP contribution in [-0.2, 0) is 6.42 Å². The van der Waals surface area contributed by atoms with E-state index in [4.69, 9.17) is 0 Å². The molecule has 0 fully saturated rings. The summed E-state index contributed by atoms with van der Waals surface area (Å²) in [5, 5.41) is 0. The van der Waals surface area contributed by atoms with Crippen molar-refractivity contribution in [3.05, 3.63) is 48.6 Å². The molecule has 0 aliphatic carbocycles. The second kappa shape index (κ2) is 7.22. The number of benzene rings is 1. The third-order valence-corrected chi connectivity index (χ3v) is 2.54. The molecule has 0 saturated carbocycles. The van der Waals surface area contributed by atoms with Crippen molar-refractivity contribution in [3.63, 3.8) is 0 Å². The van der Waals surface area contributed by atoms with Crippen molar-refractivity contribution in [3.8, 4) is 0 Å². The predicted molar refractivity (Wildman–Crippen MR) is 63.7 cm³/mol. The van der Waals surface area contributed by atoms with E-state index < -0.39 is 6.17 Å². The molecule has 0 aliphatic heterocycles. The van der Waals surface area contributed by atoms with Gasteiger partial charge in [0, 0.05) is 0 Å². The van der Waals surface area contributed by atoms with Crippen LogP contribution in [0.15, 0.2) is 43.0 Å². The molecule has 82 valence electrons. The molecule has 0 N–H and O–H groups in total. The first kappa shape index (κ1) is 12.0. The highest BCUT2D eigenvalue weighted by Crippen LogP contribution is 2.10. The zero-order valence-corrected chi connectivity index (χ0v) is 9.16. The first-order valence-corrected chi connectivity index (χ1v) is 5.63. The summed E-state index contributed by atoms with van der Waals surface area (Å²) in [6.07, 6.45) is 5.50. The van der Waals surface area contributed by atoms with E-state index in [1.165, 1.54) is 11.6 Å². The van der Waals surface area contributed by atoms with Crippen molar-refractivity contribution in [1.82, 2.24) is 0 Å². The summed E-state index contributed by atoms with van der Waals surface area (Å²) in [4.78, 5) is 0. The van der Waals surface area contributed by atoms with Gasteiger partial charge in [0.25, 0.3) is 0 Å². The molecule has 0 nitrogen and oxygen atoms in total. The molecule has 1 rings (SSSR count). The van der Waals surface area contributed by atoms with Crippen LogP contribution in [0.25, 0.3) is 0 Å². The topological polar surface area (TPSA) is 0 Å². The average molecular weight is 206 g/mol. The normalized spacial score (nSPS) is 12.3. The number of aryl methyl sites for hydroxylation is 1. The van der Waals surface area contributed by atoms with Gasteiger partial charge >= 0.3 is 0 Å². The van der Waals surface area contributed by atoms with Crippen LogP contribution in [0.2, 0.25) is 0 Å². The molecule has 15 heavy (non-hydrogen) atoms. The van der Waals surface area contributed by atoms with Gasteiger partial charge in [-0.2, -0.15) is 0 Å². The lowest BCUT2D eigenvalue weighted by Crippen LogP contribution is -1.94. The van der Waals surface area contributed by atoms with Crippen LogP contribution in [0.5, 0.6) is 0 Å². The molecule has 0 aliphatic rings. The van der Waals surface area contributed by atoms with E-state index in [0.29, 0.717) is 6.42 Å². The minimum absolute atomic E-state index is 0.623. The van der Waals surface area contributed by atoms with E-state index in [9.17, 15) is 4.39 Å². The van der Waals surface area contributed by atoms with Crippen LogP contribution >= 0.6 is 0 Å². The fourth-order valence-electron chi connectivity index (χ4n) is 1.61. The van der Waals surface area contributed by atoms with Gasteiger partial charge in [-0.05, 0) is 24.8 Å². The number of hydrogen-bond acceptors (Lipinski definition) is 0. The summed E-state index contributed by atoms with van der Waals surface area (Å²) in [5.41, 5.74) is 1.37. The number of allylic oxidation sites excluding steroid dienone is 1. The highest BCUT2D eigenvalue weighted by Gasteiger charge is 1.99. The van der Waals surface area contributed by atoms with Gasteiger partial charge in [-0.25, -0.2) is 4.39 Å². The Balaban J connectivity index is 2.05. The van der Waals surface area contributed by atoms with Crippen LogP contribution in [0.1, 0.15) is 31.2 Å². The summed E-state index contributed by atoms with van der Waals surface area (Å²) >= 11 is 0. The number of unbranched alkanes of at least 4 members (excludes halogenated alkanes) is 2. The van der Waals surface area contributed by atoms with Crippen LogP contribution in [0, 0.1) is 0 Å². The Hall–Kier alpha value is -1.11. The first-order chi connectivity index (χ1) is 7.33. The van der Waals surface area contributed by atoms with Crippen LogP contribution in [0.4, 0.5) is 4.39 Å². The van der Waals surface area contributed by atoms with Crippen molar-refractivity contribution < 1.29 is 4.39 Å². The third-order valence-electron chi connectivity index (χ3n) is 2.54. The average Bonchev–Trinajstić information content (AvgIpc) is 2.29. The summed E-state index contributed by atoms with van der Waals surface area (Å²) in [6, 6.07) is 10.4. The minimum atomic E-state index is -0.818. The Morgan fingerprint density at radius 1 is 1.13 bits per heavy atom. The molecular weight excluding hydrogens is 187 g/mol. The fourth-order valence-corrected chi connectivity index (χ4v) is 1.61. The Bertz CT molecular complexity index is 266. The van der Waals surface area contributed by atoms with Gasteiger partial charge < -0.3 is 0 Å². The van der Waals surface area contributed by atoms with Crippen molar-refractivity contribution in [2.24, 2.45) is 0 Å².